The van der Waals surface area contributed by atoms with E-state index >= 15 is 0 Å². The van der Waals surface area contributed by atoms with Crippen molar-refractivity contribution in [3.05, 3.63) is 11.4 Å². The number of ether oxygens (including phenoxy) is 1. The van der Waals surface area contributed by atoms with Crippen LogP contribution in [0.25, 0.3) is 0 Å². The summed E-state index contributed by atoms with van der Waals surface area (Å²) in [4.78, 5) is 11.8. The van der Waals surface area contributed by atoms with Crippen LogP contribution >= 0.6 is 0 Å². The molecule has 1 heterocycles. The van der Waals surface area contributed by atoms with E-state index in [0.29, 0.717) is 5.69 Å². The highest BCUT2D eigenvalue weighted by Gasteiger charge is 2.32. The number of nitrogens with zero attached hydrogens (tertiary/aromatic N) is 3. The standard InChI is InChI=1S/C12H18F3N3O2/c1-5-20-10(19)8-9(11(2,3)4)18(17-16-8)7-6-12(13,14)15/h5-7H2,1-4H3. The lowest BCUT2D eigenvalue weighted by Crippen LogP contribution is -2.24. The number of alkyl halides is 3. The second kappa shape index (κ2) is 5.80. The quantitative estimate of drug-likeness (QED) is 0.801. The third-order valence-corrected chi connectivity index (χ3v) is 2.52. The topological polar surface area (TPSA) is 57.0 Å². The molecule has 0 aromatic carbocycles. The average Bonchev–Trinajstić information content (AvgIpc) is 2.69. The number of halogens is 3. The van der Waals surface area contributed by atoms with Crippen molar-refractivity contribution in [1.29, 1.82) is 0 Å². The van der Waals surface area contributed by atoms with E-state index in [1.165, 1.54) is 0 Å². The van der Waals surface area contributed by atoms with Crippen molar-refractivity contribution < 1.29 is 22.7 Å². The fraction of sp³-hybridized carbons (Fsp3) is 0.750. The van der Waals surface area contributed by atoms with Crippen LogP contribution in [-0.2, 0) is 16.7 Å². The van der Waals surface area contributed by atoms with Gasteiger partial charge >= 0.3 is 12.1 Å². The van der Waals surface area contributed by atoms with Gasteiger partial charge in [0.1, 0.15) is 0 Å². The maximum atomic E-state index is 12.3. The van der Waals surface area contributed by atoms with Crippen LogP contribution in [0.15, 0.2) is 0 Å². The molecule has 0 aliphatic rings. The van der Waals surface area contributed by atoms with E-state index in [9.17, 15) is 18.0 Å². The minimum Gasteiger partial charge on any atom is -0.461 e. The second-order valence-corrected chi connectivity index (χ2v) is 5.35. The zero-order chi connectivity index (χ0) is 15.6. The average molecular weight is 293 g/mol. The van der Waals surface area contributed by atoms with Crippen LogP contribution in [0.1, 0.15) is 50.3 Å². The maximum Gasteiger partial charge on any atom is 0.390 e. The minimum absolute atomic E-state index is 0.0264. The zero-order valence-corrected chi connectivity index (χ0v) is 11.9. The van der Waals surface area contributed by atoms with Crippen molar-refractivity contribution in [1.82, 2.24) is 15.0 Å². The van der Waals surface area contributed by atoms with Gasteiger partial charge in [-0.05, 0) is 6.92 Å². The first-order chi connectivity index (χ1) is 9.06. The third-order valence-electron chi connectivity index (χ3n) is 2.52. The molecule has 1 rings (SSSR count). The van der Waals surface area contributed by atoms with Crippen LogP contribution < -0.4 is 0 Å². The molecular formula is C12H18F3N3O2. The molecule has 0 amide bonds. The van der Waals surface area contributed by atoms with Crippen molar-refractivity contribution in [2.24, 2.45) is 0 Å². The molecule has 1 aromatic rings. The third kappa shape index (κ3) is 4.21. The van der Waals surface area contributed by atoms with Gasteiger partial charge in [-0.15, -0.1) is 5.10 Å². The first-order valence-corrected chi connectivity index (χ1v) is 6.24. The van der Waals surface area contributed by atoms with Crippen LogP contribution in [0.2, 0.25) is 0 Å². The van der Waals surface area contributed by atoms with E-state index in [1.54, 1.807) is 27.7 Å². The first-order valence-electron chi connectivity index (χ1n) is 6.24. The van der Waals surface area contributed by atoms with Crippen molar-refractivity contribution in [2.75, 3.05) is 6.61 Å². The van der Waals surface area contributed by atoms with E-state index < -0.39 is 24.0 Å². The first kappa shape index (κ1) is 16.5. The molecule has 0 aliphatic carbocycles. The summed E-state index contributed by atoms with van der Waals surface area (Å²) in [5.74, 6) is -0.671. The SMILES string of the molecule is CCOC(=O)c1nnn(CCC(F)(F)F)c1C(C)(C)C. The highest BCUT2D eigenvalue weighted by molar-refractivity contribution is 5.88. The van der Waals surface area contributed by atoms with Gasteiger partial charge in [0.15, 0.2) is 5.69 Å². The van der Waals surface area contributed by atoms with Gasteiger partial charge in [0.2, 0.25) is 0 Å². The summed E-state index contributed by atoms with van der Waals surface area (Å²) in [6.45, 7) is 6.76. The summed E-state index contributed by atoms with van der Waals surface area (Å²) in [7, 11) is 0. The van der Waals surface area contributed by atoms with Gasteiger partial charge in [0.25, 0.3) is 0 Å². The van der Waals surface area contributed by atoms with Crippen LogP contribution in [0.4, 0.5) is 13.2 Å². The lowest BCUT2D eigenvalue weighted by Gasteiger charge is -2.21. The van der Waals surface area contributed by atoms with E-state index in [1.807, 2.05) is 0 Å². The molecule has 0 unspecified atom stereocenters. The number of rotatable bonds is 4. The van der Waals surface area contributed by atoms with E-state index in [4.69, 9.17) is 4.74 Å². The van der Waals surface area contributed by atoms with Gasteiger partial charge in [-0.25, -0.2) is 9.48 Å². The van der Waals surface area contributed by atoms with E-state index in [-0.39, 0.29) is 18.8 Å². The fourth-order valence-corrected chi connectivity index (χ4v) is 1.78. The molecule has 0 saturated heterocycles. The maximum absolute atomic E-state index is 12.3. The number of carbonyl (C=O) groups excluding carboxylic acids is 1. The van der Waals surface area contributed by atoms with Gasteiger partial charge in [-0.2, -0.15) is 13.2 Å². The van der Waals surface area contributed by atoms with Gasteiger partial charge in [-0.3, -0.25) is 0 Å². The molecule has 20 heavy (non-hydrogen) atoms. The number of aryl methyl sites for hydroxylation is 1. The molecule has 1 aromatic heterocycles. The minimum atomic E-state index is -4.29. The van der Waals surface area contributed by atoms with Crippen molar-refractivity contribution in [3.8, 4) is 0 Å². The molecule has 0 aliphatic heterocycles. The summed E-state index contributed by atoms with van der Waals surface area (Å²) < 4.78 is 42.9. The van der Waals surface area contributed by atoms with Crippen molar-refractivity contribution >= 4 is 5.97 Å². The molecule has 0 bridgehead atoms. The zero-order valence-electron chi connectivity index (χ0n) is 11.9. The highest BCUT2D eigenvalue weighted by Crippen LogP contribution is 2.27. The largest absolute Gasteiger partial charge is 0.461 e. The summed E-state index contributed by atoms with van der Waals surface area (Å²) >= 11 is 0. The van der Waals surface area contributed by atoms with Crippen LogP contribution in [-0.4, -0.2) is 33.7 Å². The molecule has 0 atom stereocenters. The Bertz CT molecular complexity index is 475. The van der Waals surface area contributed by atoms with Crippen LogP contribution in [0.3, 0.4) is 0 Å². The molecule has 0 spiro atoms. The number of aromatic nitrogens is 3. The van der Waals surface area contributed by atoms with Gasteiger partial charge in [0.05, 0.1) is 25.3 Å². The highest BCUT2D eigenvalue weighted by atomic mass is 19.4. The number of esters is 1. The number of hydrogen-bond donors (Lipinski definition) is 0. The Morgan fingerprint density at radius 3 is 2.35 bits per heavy atom. The lowest BCUT2D eigenvalue weighted by molar-refractivity contribution is -0.137. The Hall–Kier alpha value is -1.60. The van der Waals surface area contributed by atoms with Gasteiger partial charge in [0, 0.05) is 5.41 Å². The molecule has 0 saturated carbocycles. The lowest BCUT2D eigenvalue weighted by atomic mass is 9.90. The summed E-state index contributed by atoms with van der Waals surface area (Å²) in [5.41, 5.74) is -0.251. The smallest absolute Gasteiger partial charge is 0.390 e. The van der Waals surface area contributed by atoms with Crippen LogP contribution in [0.5, 0.6) is 0 Å². The predicted molar refractivity (Wildman–Crippen MR) is 65.4 cm³/mol. The predicted octanol–water partition coefficient (Wildman–Crippen LogP) is 2.70. The molecule has 5 nitrogen and oxygen atoms in total. The summed E-state index contributed by atoms with van der Waals surface area (Å²) in [5, 5.41) is 7.33. The van der Waals surface area contributed by atoms with Gasteiger partial charge < -0.3 is 4.74 Å². The Labute approximate surface area is 115 Å². The van der Waals surface area contributed by atoms with Crippen LogP contribution in [0, 0.1) is 0 Å². The molecule has 0 N–H and O–H groups in total. The number of hydrogen-bond acceptors (Lipinski definition) is 4. The molecule has 0 fully saturated rings. The Kier molecular flexibility index (Phi) is 4.77. The van der Waals surface area contributed by atoms with E-state index in [2.05, 4.69) is 10.3 Å². The van der Waals surface area contributed by atoms with E-state index in [0.717, 1.165) is 4.68 Å². The second-order valence-electron chi connectivity index (χ2n) is 5.35. The summed E-state index contributed by atoms with van der Waals surface area (Å²) in [6.07, 6.45) is -5.31. The Balaban J connectivity index is 3.10. The molecule has 114 valence electrons. The summed E-state index contributed by atoms with van der Waals surface area (Å²) in [6, 6.07) is 0. The molecule has 0 radical (unpaired) electrons. The normalized spacial score (nSPS) is 12.6. The monoisotopic (exact) mass is 293 g/mol. The number of carbonyl (C=O) groups is 1. The Morgan fingerprint density at radius 1 is 1.30 bits per heavy atom. The Morgan fingerprint density at radius 2 is 1.90 bits per heavy atom. The fourth-order valence-electron chi connectivity index (χ4n) is 1.78. The molecular weight excluding hydrogens is 275 g/mol. The van der Waals surface area contributed by atoms with Crippen molar-refractivity contribution in [2.45, 2.75) is 52.3 Å². The van der Waals surface area contributed by atoms with Gasteiger partial charge in [-0.1, -0.05) is 26.0 Å². The molecule has 8 heteroatoms. The van der Waals surface area contributed by atoms with Crippen molar-refractivity contribution in [3.63, 3.8) is 0 Å².